The number of phenols is 2. The van der Waals surface area contributed by atoms with Gasteiger partial charge in [-0.05, 0) is 47.5 Å². The van der Waals surface area contributed by atoms with E-state index in [-0.39, 0.29) is 23.0 Å². The second-order valence-corrected chi connectivity index (χ2v) is 5.31. The highest BCUT2D eigenvalue weighted by atomic mass is 16.5. The van der Waals surface area contributed by atoms with Gasteiger partial charge in [0.25, 0.3) is 0 Å². The molecule has 0 saturated carbocycles. The van der Waals surface area contributed by atoms with Gasteiger partial charge in [0.1, 0.15) is 0 Å². The van der Waals surface area contributed by atoms with E-state index < -0.39 is 30.1 Å². The van der Waals surface area contributed by atoms with Gasteiger partial charge in [0.15, 0.2) is 34.6 Å². The van der Waals surface area contributed by atoms with Gasteiger partial charge in [-0.3, -0.25) is 9.59 Å². The van der Waals surface area contributed by atoms with Crippen molar-refractivity contribution in [2.45, 2.75) is 6.40 Å². The molecule has 0 atom stereocenters. The molecule has 0 aromatic heterocycles. The minimum atomic E-state index is -1.98. The van der Waals surface area contributed by atoms with E-state index >= 15 is 0 Å². The third-order valence-corrected chi connectivity index (χ3v) is 3.43. The zero-order chi connectivity index (χ0) is 22.4. The molecule has 0 saturated heterocycles. The molecule has 0 aliphatic heterocycles. The standard InChI is InChI=1S/C21H20O6/c1-26-20-11-14(5-9-18(20)24)3-7-16(22)13-17(23)8-4-15-6-10-19(25)21(12-15)27-2/h3-12,24-25H,13H2,1-2H3/b7-3+,8-4+/i7D,8D,13D. The summed E-state index contributed by atoms with van der Waals surface area (Å²) in [5.74, 6) is -2.10. The van der Waals surface area contributed by atoms with Crippen LogP contribution < -0.4 is 9.47 Å². The summed E-state index contributed by atoms with van der Waals surface area (Å²) in [7, 11) is 2.69. The fraction of sp³-hybridized carbons (Fsp3) is 0.143. The van der Waals surface area contributed by atoms with E-state index in [0.29, 0.717) is 11.1 Å². The molecular weight excluding hydrogens is 348 g/mol. The minimum absolute atomic E-state index is 0.115. The van der Waals surface area contributed by atoms with Crippen LogP contribution in [0, 0.1) is 0 Å². The van der Waals surface area contributed by atoms with Crippen molar-refractivity contribution in [1.82, 2.24) is 0 Å². The molecule has 140 valence electrons. The number of carbonyl (C=O) groups excluding carboxylic acids is 2. The van der Waals surface area contributed by atoms with Gasteiger partial charge in [0, 0.05) is 1.37 Å². The normalized spacial score (nSPS) is 14.5. The molecule has 0 bridgehead atoms. The lowest BCUT2D eigenvalue weighted by molar-refractivity contribution is -0.121. The first-order chi connectivity index (χ1) is 14.2. The molecule has 0 aliphatic rings. The Bertz CT molecular complexity index is 948. The van der Waals surface area contributed by atoms with Crippen molar-refractivity contribution >= 4 is 23.7 Å². The quantitative estimate of drug-likeness (QED) is 0.546. The Morgan fingerprint density at radius 3 is 1.70 bits per heavy atom. The van der Waals surface area contributed by atoms with E-state index in [4.69, 9.17) is 13.6 Å². The molecule has 2 N–H and O–H groups in total. The Morgan fingerprint density at radius 1 is 0.926 bits per heavy atom. The molecule has 0 heterocycles. The molecule has 0 amide bonds. The summed E-state index contributed by atoms with van der Waals surface area (Å²) in [6.07, 6.45) is 0.296. The van der Waals surface area contributed by atoms with Crippen LogP contribution in [0.1, 0.15) is 21.6 Å². The van der Waals surface area contributed by atoms with E-state index in [1.807, 2.05) is 0 Å². The van der Waals surface area contributed by atoms with Crippen molar-refractivity contribution in [3.63, 3.8) is 0 Å². The van der Waals surface area contributed by atoms with Crippen LogP contribution in [0.25, 0.3) is 12.2 Å². The Balaban J connectivity index is 2.20. The molecule has 0 spiro atoms. The van der Waals surface area contributed by atoms with Crippen molar-refractivity contribution in [3.05, 3.63) is 59.6 Å². The molecule has 2 aromatic rings. The number of allylic oxidation sites excluding steroid dienone is 2. The van der Waals surface area contributed by atoms with Crippen molar-refractivity contribution < 1.29 is 33.4 Å². The molecule has 0 aliphatic carbocycles. The van der Waals surface area contributed by atoms with Gasteiger partial charge in [-0.2, -0.15) is 0 Å². The van der Waals surface area contributed by atoms with Gasteiger partial charge in [0.2, 0.25) is 0 Å². The Morgan fingerprint density at radius 2 is 1.33 bits per heavy atom. The van der Waals surface area contributed by atoms with Crippen LogP contribution in [-0.4, -0.2) is 36.0 Å². The highest BCUT2D eigenvalue weighted by Gasteiger charge is 2.06. The average Bonchev–Trinajstić information content (AvgIpc) is 2.74. The number of hydrogen-bond acceptors (Lipinski definition) is 6. The van der Waals surface area contributed by atoms with E-state index in [0.717, 1.165) is 12.2 Å². The summed E-state index contributed by atoms with van der Waals surface area (Å²) >= 11 is 0. The summed E-state index contributed by atoms with van der Waals surface area (Å²) in [4.78, 5) is 24.6. The molecule has 2 aromatic carbocycles. The number of hydrogen-bond donors (Lipinski definition) is 2. The minimum Gasteiger partial charge on any atom is -0.504 e. The summed E-state index contributed by atoms with van der Waals surface area (Å²) in [6.45, 7) is 0. The predicted octanol–water partition coefficient (Wildman–Crippen LogP) is 3.37. The number of benzene rings is 2. The van der Waals surface area contributed by atoms with Crippen LogP contribution in [0.4, 0.5) is 0 Å². The van der Waals surface area contributed by atoms with Crippen LogP contribution in [0.2, 0.25) is 0 Å². The van der Waals surface area contributed by atoms with Crippen LogP contribution in [-0.2, 0) is 9.59 Å². The lowest BCUT2D eigenvalue weighted by Crippen LogP contribution is -2.01. The Kier molecular flexibility index (Phi) is 5.37. The monoisotopic (exact) mass is 371 g/mol. The highest BCUT2D eigenvalue weighted by molar-refractivity contribution is 6.10. The maximum absolute atomic E-state index is 12.3. The zero-order valence-corrected chi connectivity index (χ0v) is 14.7. The van der Waals surface area contributed by atoms with E-state index in [2.05, 4.69) is 0 Å². The summed E-state index contributed by atoms with van der Waals surface area (Å²) in [6, 6.07) is 7.11. The number of methoxy groups -OCH3 is 2. The van der Waals surface area contributed by atoms with Gasteiger partial charge >= 0.3 is 0 Å². The first-order valence-electron chi connectivity index (χ1n) is 9.37. The average molecular weight is 371 g/mol. The molecular formula is C21H20O6. The molecule has 6 heteroatoms. The van der Waals surface area contributed by atoms with Gasteiger partial charge < -0.3 is 19.7 Å². The summed E-state index contributed by atoms with van der Waals surface area (Å²) in [5.41, 5.74) is 0.723. The topological polar surface area (TPSA) is 93.1 Å². The van der Waals surface area contributed by atoms with Crippen LogP contribution in [0.5, 0.6) is 23.0 Å². The largest absolute Gasteiger partial charge is 0.504 e. The molecule has 0 radical (unpaired) electrons. The third kappa shape index (κ3) is 5.74. The SMILES string of the molecule is [2H]/C(=C\c1ccc(O)c(OC)c1)C(=O)C([2H])C(=O)/C([2H])=C/c1ccc(O)c(OC)c1. The highest BCUT2D eigenvalue weighted by Crippen LogP contribution is 2.27. The lowest BCUT2D eigenvalue weighted by atomic mass is 10.1. The third-order valence-electron chi connectivity index (χ3n) is 3.43. The number of carbonyl (C=O) groups is 2. The van der Waals surface area contributed by atoms with Crippen LogP contribution in [0.3, 0.4) is 0 Å². The van der Waals surface area contributed by atoms with Crippen molar-refractivity contribution in [1.29, 1.82) is 0 Å². The predicted molar refractivity (Wildman–Crippen MR) is 102 cm³/mol. The number of rotatable bonds is 8. The molecule has 27 heavy (non-hydrogen) atoms. The summed E-state index contributed by atoms with van der Waals surface area (Å²) in [5, 5.41) is 19.2. The number of ether oxygens (including phenoxy) is 2. The first-order valence-corrected chi connectivity index (χ1v) is 7.79. The van der Waals surface area contributed by atoms with Gasteiger partial charge in [-0.1, -0.05) is 24.3 Å². The van der Waals surface area contributed by atoms with Crippen LogP contribution in [0.15, 0.2) is 48.5 Å². The van der Waals surface area contributed by atoms with Crippen molar-refractivity contribution in [2.75, 3.05) is 14.2 Å². The first kappa shape index (κ1) is 15.7. The number of aromatic hydroxyl groups is 2. The molecule has 0 unspecified atom stereocenters. The van der Waals surface area contributed by atoms with Gasteiger partial charge in [0.05, 0.1) is 23.4 Å². The van der Waals surface area contributed by atoms with Crippen molar-refractivity contribution in [2.24, 2.45) is 0 Å². The van der Waals surface area contributed by atoms with Gasteiger partial charge in [-0.15, -0.1) is 0 Å². The smallest absolute Gasteiger partial charge is 0.163 e. The number of phenolic OH excluding ortho intramolecular Hbond substituents is 2. The Labute approximate surface area is 161 Å². The molecule has 0 fully saturated rings. The zero-order valence-electron chi connectivity index (χ0n) is 17.7. The second kappa shape index (κ2) is 9.24. The van der Waals surface area contributed by atoms with E-state index in [1.165, 1.54) is 50.6 Å². The summed E-state index contributed by atoms with van der Waals surface area (Å²) < 4.78 is 33.5. The van der Waals surface area contributed by atoms with E-state index in [1.54, 1.807) is 0 Å². The van der Waals surface area contributed by atoms with Gasteiger partial charge in [-0.25, -0.2) is 0 Å². The lowest BCUT2D eigenvalue weighted by Gasteiger charge is -2.03. The molecule has 2 rings (SSSR count). The maximum atomic E-state index is 12.3. The Hall–Kier alpha value is -3.54. The fourth-order valence-corrected chi connectivity index (χ4v) is 2.08. The maximum Gasteiger partial charge on any atom is 0.163 e. The van der Waals surface area contributed by atoms with Crippen molar-refractivity contribution in [3.8, 4) is 23.0 Å². The second-order valence-electron chi connectivity index (χ2n) is 5.31. The number of ketones is 2. The van der Waals surface area contributed by atoms with Crippen LogP contribution >= 0.6 is 0 Å². The molecule has 6 nitrogen and oxygen atoms in total. The fourth-order valence-electron chi connectivity index (χ4n) is 2.08. The van der Waals surface area contributed by atoms with E-state index in [9.17, 15) is 19.8 Å².